The Morgan fingerprint density at radius 1 is 0.929 bits per heavy atom. The Kier molecular flexibility index (Phi) is 6.22. The molecule has 0 aromatic heterocycles. The summed E-state index contributed by atoms with van der Waals surface area (Å²) in [6.45, 7) is 5.73. The smallest absolute Gasteiger partial charge is 0.277 e. The highest BCUT2D eigenvalue weighted by atomic mass is 16.5. The van der Waals surface area contributed by atoms with Crippen molar-refractivity contribution in [3.63, 3.8) is 0 Å². The Hall–Kier alpha value is -3.40. The summed E-state index contributed by atoms with van der Waals surface area (Å²) in [6, 6.07) is 24.2. The molecular weight excluding hydrogens is 348 g/mol. The number of hydrogen-bond acceptors (Lipinski definition) is 3. The highest BCUT2D eigenvalue weighted by Crippen LogP contribution is 2.20. The monoisotopic (exact) mass is 372 g/mol. The fraction of sp³-hybridized carbons (Fsp3) is 0.167. The lowest BCUT2D eigenvalue weighted by Crippen LogP contribution is -2.25. The van der Waals surface area contributed by atoms with Crippen LogP contribution in [0.25, 0.3) is 11.1 Å². The van der Waals surface area contributed by atoms with Gasteiger partial charge >= 0.3 is 0 Å². The maximum absolute atomic E-state index is 12.0. The van der Waals surface area contributed by atoms with Crippen molar-refractivity contribution in [3.05, 3.63) is 89.5 Å². The van der Waals surface area contributed by atoms with E-state index in [1.54, 1.807) is 0 Å². The number of benzene rings is 3. The van der Waals surface area contributed by atoms with Crippen molar-refractivity contribution < 1.29 is 9.53 Å². The van der Waals surface area contributed by atoms with Crippen molar-refractivity contribution in [2.45, 2.75) is 20.8 Å². The van der Waals surface area contributed by atoms with Crippen LogP contribution in [0, 0.1) is 13.8 Å². The summed E-state index contributed by atoms with van der Waals surface area (Å²) in [5, 5.41) is 4.19. The molecule has 0 atom stereocenters. The average Bonchev–Trinajstić information content (AvgIpc) is 2.73. The van der Waals surface area contributed by atoms with Gasteiger partial charge in [0.15, 0.2) is 6.61 Å². The molecule has 4 heteroatoms. The number of hydrogen-bond donors (Lipinski definition) is 1. The maximum atomic E-state index is 12.0. The highest BCUT2D eigenvalue weighted by Gasteiger charge is 2.06. The first kappa shape index (κ1) is 19.4. The molecule has 28 heavy (non-hydrogen) atoms. The van der Waals surface area contributed by atoms with E-state index in [0.29, 0.717) is 5.75 Å². The van der Waals surface area contributed by atoms with Crippen LogP contribution < -0.4 is 10.2 Å². The quantitative estimate of drug-likeness (QED) is 0.495. The molecule has 3 aromatic rings. The first-order valence-corrected chi connectivity index (χ1v) is 9.22. The Labute approximate surface area is 165 Å². The molecule has 3 rings (SSSR count). The number of nitrogens with zero attached hydrogens (tertiary/aromatic N) is 1. The lowest BCUT2D eigenvalue weighted by Gasteiger charge is -2.09. The zero-order valence-corrected chi connectivity index (χ0v) is 16.4. The van der Waals surface area contributed by atoms with Crippen molar-refractivity contribution in [3.8, 4) is 16.9 Å². The molecule has 0 aliphatic rings. The van der Waals surface area contributed by atoms with Gasteiger partial charge in [-0.15, -0.1) is 0 Å². The van der Waals surface area contributed by atoms with Gasteiger partial charge in [0.2, 0.25) is 0 Å². The summed E-state index contributed by atoms with van der Waals surface area (Å²) in [4.78, 5) is 12.0. The minimum Gasteiger partial charge on any atom is -0.483 e. The molecule has 1 N–H and O–H groups in total. The fourth-order valence-electron chi connectivity index (χ4n) is 2.78. The summed E-state index contributed by atoms with van der Waals surface area (Å²) in [5.74, 6) is 0.425. The van der Waals surface area contributed by atoms with E-state index >= 15 is 0 Å². The van der Waals surface area contributed by atoms with Gasteiger partial charge in [-0.2, -0.15) is 5.10 Å². The summed E-state index contributed by atoms with van der Waals surface area (Å²) in [6.07, 6.45) is 0. The van der Waals surface area contributed by atoms with E-state index in [1.807, 2.05) is 69.3 Å². The Morgan fingerprint density at radius 2 is 1.61 bits per heavy atom. The number of nitrogens with one attached hydrogen (secondary N) is 1. The lowest BCUT2D eigenvalue weighted by molar-refractivity contribution is -0.123. The van der Waals surface area contributed by atoms with Crippen LogP contribution in [0.4, 0.5) is 0 Å². The van der Waals surface area contributed by atoms with Gasteiger partial charge in [-0.1, -0.05) is 66.7 Å². The SMILES string of the molecule is C/C(=N\NC(=O)COc1cc(C)ccc1C)c1ccc(-c2ccccc2)cc1. The van der Waals surface area contributed by atoms with Crippen molar-refractivity contribution in [2.75, 3.05) is 6.61 Å². The molecule has 0 aliphatic heterocycles. The second-order valence-electron chi connectivity index (χ2n) is 6.73. The van der Waals surface area contributed by atoms with Crippen molar-refractivity contribution in [1.29, 1.82) is 0 Å². The van der Waals surface area contributed by atoms with Gasteiger partial charge in [-0.25, -0.2) is 5.43 Å². The van der Waals surface area contributed by atoms with E-state index in [1.165, 1.54) is 5.56 Å². The maximum Gasteiger partial charge on any atom is 0.277 e. The van der Waals surface area contributed by atoms with Crippen LogP contribution in [0.1, 0.15) is 23.6 Å². The molecule has 0 unspecified atom stereocenters. The number of hydrazone groups is 1. The minimum atomic E-state index is -0.291. The number of aryl methyl sites for hydroxylation is 2. The standard InChI is InChI=1S/C24H24N2O2/c1-17-9-10-18(2)23(15-17)28-16-24(27)26-25-19(3)20-11-13-22(14-12-20)21-7-5-4-6-8-21/h4-15H,16H2,1-3H3,(H,26,27)/b25-19+. The van der Waals surface area contributed by atoms with E-state index in [2.05, 4.69) is 34.8 Å². The van der Waals surface area contributed by atoms with Crippen LogP contribution in [0.15, 0.2) is 77.9 Å². The topological polar surface area (TPSA) is 50.7 Å². The molecule has 4 nitrogen and oxygen atoms in total. The molecule has 0 aliphatic carbocycles. The summed E-state index contributed by atoms with van der Waals surface area (Å²) < 4.78 is 5.60. The Balaban J connectivity index is 1.57. The molecule has 0 radical (unpaired) electrons. The predicted molar refractivity (Wildman–Crippen MR) is 114 cm³/mol. The van der Waals surface area contributed by atoms with Crippen LogP contribution in [0.2, 0.25) is 0 Å². The van der Waals surface area contributed by atoms with Crippen molar-refractivity contribution in [1.82, 2.24) is 5.43 Å². The van der Waals surface area contributed by atoms with Gasteiger partial charge in [0.05, 0.1) is 5.71 Å². The van der Waals surface area contributed by atoms with Gasteiger partial charge in [0, 0.05) is 0 Å². The van der Waals surface area contributed by atoms with Gasteiger partial charge in [0.25, 0.3) is 5.91 Å². The molecule has 0 saturated heterocycles. The van der Waals surface area contributed by atoms with Gasteiger partial charge in [-0.05, 0) is 54.7 Å². The molecule has 0 fully saturated rings. The van der Waals surface area contributed by atoms with Crippen molar-refractivity contribution in [2.24, 2.45) is 5.10 Å². The van der Waals surface area contributed by atoms with Crippen LogP contribution >= 0.6 is 0 Å². The third-order valence-corrected chi connectivity index (χ3v) is 4.46. The Bertz CT molecular complexity index is 977. The summed E-state index contributed by atoms with van der Waals surface area (Å²) in [5.41, 5.74) is 8.64. The fourth-order valence-corrected chi connectivity index (χ4v) is 2.78. The first-order valence-electron chi connectivity index (χ1n) is 9.22. The van der Waals surface area contributed by atoms with Crippen molar-refractivity contribution >= 4 is 11.6 Å². The zero-order valence-electron chi connectivity index (χ0n) is 16.4. The van der Waals surface area contributed by atoms with E-state index in [9.17, 15) is 4.79 Å². The highest BCUT2D eigenvalue weighted by molar-refractivity contribution is 5.99. The van der Waals surface area contributed by atoms with Crippen LogP contribution in [0.3, 0.4) is 0 Å². The van der Waals surface area contributed by atoms with Crippen LogP contribution in [-0.4, -0.2) is 18.2 Å². The summed E-state index contributed by atoms with van der Waals surface area (Å²) in [7, 11) is 0. The third kappa shape index (κ3) is 5.07. The molecule has 0 saturated carbocycles. The van der Waals surface area contributed by atoms with E-state index in [-0.39, 0.29) is 12.5 Å². The van der Waals surface area contributed by atoms with Gasteiger partial charge in [-0.3, -0.25) is 4.79 Å². The largest absolute Gasteiger partial charge is 0.483 e. The molecule has 1 amide bonds. The first-order chi connectivity index (χ1) is 13.5. The molecule has 142 valence electrons. The minimum absolute atomic E-state index is 0.0754. The number of amides is 1. The van der Waals surface area contributed by atoms with E-state index < -0.39 is 0 Å². The molecule has 0 bridgehead atoms. The number of carbonyl (C=O) groups is 1. The molecule has 3 aromatic carbocycles. The number of carbonyl (C=O) groups excluding carboxylic acids is 1. The molecule has 0 heterocycles. The van der Waals surface area contributed by atoms with Gasteiger partial charge in [0.1, 0.15) is 5.75 Å². The number of ether oxygens (including phenoxy) is 1. The average molecular weight is 372 g/mol. The van der Waals surface area contributed by atoms with Crippen LogP contribution in [-0.2, 0) is 4.79 Å². The lowest BCUT2D eigenvalue weighted by atomic mass is 10.0. The normalized spacial score (nSPS) is 11.2. The summed E-state index contributed by atoms with van der Waals surface area (Å²) >= 11 is 0. The van der Waals surface area contributed by atoms with Gasteiger partial charge < -0.3 is 4.74 Å². The second kappa shape index (κ2) is 9.00. The third-order valence-electron chi connectivity index (χ3n) is 4.46. The van der Waals surface area contributed by atoms with Crippen LogP contribution in [0.5, 0.6) is 5.75 Å². The zero-order chi connectivity index (χ0) is 19.9. The predicted octanol–water partition coefficient (Wildman–Crippen LogP) is 4.89. The second-order valence-corrected chi connectivity index (χ2v) is 6.73. The van der Waals surface area contributed by atoms with E-state index in [4.69, 9.17) is 4.74 Å². The molecular formula is C24H24N2O2. The number of rotatable bonds is 6. The molecule has 0 spiro atoms. The Morgan fingerprint density at radius 3 is 2.32 bits per heavy atom. The van der Waals surface area contributed by atoms with E-state index in [0.717, 1.165) is 28.0 Å².